The summed E-state index contributed by atoms with van der Waals surface area (Å²) in [5.41, 5.74) is 0.194. The van der Waals surface area contributed by atoms with E-state index in [1.54, 1.807) is 6.07 Å². The highest BCUT2D eigenvalue weighted by atomic mass is 79.9. The van der Waals surface area contributed by atoms with Gasteiger partial charge in [-0.25, -0.2) is 4.79 Å². The summed E-state index contributed by atoms with van der Waals surface area (Å²) in [5, 5.41) is 9.81. The Hall–Kier alpha value is -1.56. The predicted molar refractivity (Wildman–Crippen MR) is 71.9 cm³/mol. The number of hydrogen-bond donors (Lipinski definition) is 1. The van der Waals surface area contributed by atoms with Crippen molar-refractivity contribution in [3.05, 3.63) is 28.2 Å². The van der Waals surface area contributed by atoms with Crippen LogP contribution in [0.15, 0.2) is 22.7 Å². The summed E-state index contributed by atoms with van der Waals surface area (Å²) in [6, 6.07) is 4.11. The van der Waals surface area contributed by atoms with Crippen molar-refractivity contribution in [2.24, 2.45) is 0 Å². The fourth-order valence-electron chi connectivity index (χ4n) is 2.23. The number of rotatable bonds is 2. The van der Waals surface area contributed by atoms with Crippen LogP contribution in [0.25, 0.3) is 0 Å². The number of halogens is 1. The molecule has 0 aliphatic carbocycles. The van der Waals surface area contributed by atoms with Crippen molar-refractivity contribution in [1.29, 1.82) is 0 Å². The van der Waals surface area contributed by atoms with Crippen LogP contribution in [0.4, 0.5) is 0 Å². The zero-order chi connectivity index (χ0) is 14.0. The molecule has 6 heteroatoms. The molecule has 1 heterocycles. The maximum atomic E-state index is 12.4. The van der Waals surface area contributed by atoms with E-state index in [4.69, 9.17) is 4.74 Å². The lowest BCUT2D eigenvalue weighted by Crippen LogP contribution is -2.41. The second kappa shape index (κ2) is 5.61. The number of carbonyl (C=O) groups excluding carboxylic acids is 2. The average molecular weight is 328 g/mol. The van der Waals surface area contributed by atoms with Crippen LogP contribution in [0.2, 0.25) is 0 Å². The van der Waals surface area contributed by atoms with E-state index in [0.29, 0.717) is 17.4 Å². The van der Waals surface area contributed by atoms with Crippen LogP contribution in [0.3, 0.4) is 0 Å². The fraction of sp³-hybridized carbons (Fsp3) is 0.385. The molecule has 19 heavy (non-hydrogen) atoms. The zero-order valence-corrected chi connectivity index (χ0v) is 12.0. The number of nitrogens with zero attached hydrogens (tertiary/aromatic N) is 1. The Labute approximate surface area is 119 Å². The molecule has 1 aliphatic heterocycles. The van der Waals surface area contributed by atoms with Gasteiger partial charge in [-0.1, -0.05) is 15.9 Å². The lowest BCUT2D eigenvalue weighted by Gasteiger charge is -2.23. The second-order valence-electron chi connectivity index (χ2n) is 4.34. The maximum Gasteiger partial charge on any atom is 0.328 e. The van der Waals surface area contributed by atoms with E-state index in [0.717, 1.165) is 6.42 Å². The molecule has 1 aromatic rings. The van der Waals surface area contributed by atoms with Crippen LogP contribution < -0.4 is 0 Å². The topological polar surface area (TPSA) is 66.8 Å². The molecule has 1 atom stereocenters. The van der Waals surface area contributed by atoms with Crippen LogP contribution in [-0.2, 0) is 9.53 Å². The van der Waals surface area contributed by atoms with Gasteiger partial charge in [0.2, 0.25) is 0 Å². The smallest absolute Gasteiger partial charge is 0.328 e. The highest BCUT2D eigenvalue weighted by Gasteiger charge is 2.35. The molecule has 0 aromatic heterocycles. The number of likely N-dealkylation sites (tertiary alicyclic amines) is 1. The van der Waals surface area contributed by atoms with Gasteiger partial charge in [0, 0.05) is 11.0 Å². The lowest BCUT2D eigenvalue weighted by molar-refractivity contribution is -0.145. The van der Waals surface area contributed by atoms with Crippen molar-refractivity contribution >= 4 is 27.8 Å². The van der Waals surface area contributed by atoms with Gasteiger partial charge in [0.1, 0.15) is 11.8 Å². The van der Waals surface area contributed by atoms with E-state index < -0.39 is 12.0 Å². The normalized spacial score (nSPS) is 18.4. The highest BCUT2D eigenvalue weighted by Crippen LogP contribution is 2.27. The Balaban J connectivity index is 2.25. The summed E-state index contributed by atoms with van der Waals surface area (Å²) >= 11 is 3.22. The number of carbonyl (C=O) groups is 2. The number of hydrogen-bond acceptors (Lipinski definition) is 4. The average Bonchev–Trinajstić information content (AvgIpc) is 2.86. The van der Waals surface area contributed by atoms with E-state index in [2.05, 4.69) is 15.9 Å². The van der Waals surface area contributed by atoms with Crippen LogP contribution in [0.1, 0.15) is 23.2 Å². The first kappa shape index (κ1) is 13.9. The third-order valence-electron chi connectivity index (χ3n) is 3.18. The maximum absolute atomic E-state index is 12.4. The summed E-state index contributed by atoms with van der Waals surface area (Å²) in [6.45, 7) is 0.494. The molecule has 0 spiro atoms. The zero-order valence-electron chi connectivity index (χ0n) is 10.4. The van der Waals surface area contributed by atoms with Gasteiger partial charge >= 0.3 is 5.97 Å². The van der Waals surface area contributed by atoms with Gasteiger partial charge in [0.05, 0.1) is 12.7 Å². The molecule has 5 nitrogen and oxygen atoms in total. The third kappa shape index (κ3) is 2.73. The number of phenolic OH excluding ortho intramolecular Hbond substituents is 1. The van der Waals surface area contributed by atoms with Gasteiger partial charge < -0.3 is 14.7 Å². The molecule has 1 fully saturated rings. The quantitative estimate of drug-likeness (QED) is 0.843. The number of benzene rings is 1. The van der Waals surface area contributed by atoms with Gasteiger partial charge in [0.25, 0.3) is 5.91 Å². The number of phenols is 1. The van der Waals surface area contributed by atoms with Crippen LogP contribution >= 0.6 is 15.9 Å². The Kier molecular flexibility index (Phi) is 4.09. The van der Waals surface area contributed by atoms with Gasteiger partial charge in [-0.15, -0.1) is 0 Å². The Morgan fingerprint density at radius 2 is 2.21 bits per heavy atom. The molecule has 1 unspecified atom stereocenters. The number of aromatic hydroxyl groups is 1. The molecule has 1 aromatic carbocycles. The highest BCUT2D eigenvalue weighted by molar-refractivity contribution is 9.10. The van der Waals surface area contributed by atoms with Gasteiger partial charge in [0.15, 0.2) is 0 Å². The Morgan fingerprint density at radius 1 is 1.47 bits per heavy atom. The monoisotopic (exact) mass is 327 g/mol. The van der Waals surface area contributed by atoms with E-state index in [-0.39, 0.29) is 17.2 Å². The molecule has 1 saturated heterocycles. The second-order valence-corrected chi connectivity index (χ2v) is 5.26. The molecule has 102 valence electrons. The largest absolute Gasteiger partial charge is 0.507 e. The third-order valence-corrected chi connectivity index (χ3v) is 3.67. The predicted octanol–water partition coefficient (Wildman–Crippen LogP) is 1.93. The van der Waals surface area contributed by atoms with Gasteiger partial charge in [-0.05, 0) is 31.0 Å². The molecule has 2 rings (SSSR count). The summed E-state index contributed by atoms with van der Waals surface area (Å²) in [4.78, 5) is 25.4. The molecular weight excluding hydrogens is 314 g/mol. The SMILES string of the molecule is COC(=O)C1CCCN1C(=O)c1ccc(Br)cc1O. The fourth-order valence-corrected chi connectivity index (χ4v) is 2.58. The van der Waals surface area contributed by atoms with Crippen molar-refractivity contribution in [2.75, 3.05) is 13.7 Å². The van der Waals surface area contributed by atoms with Crippen molar-refractivity contribution in [3.63, 3.8) is 0 Å². The minimum absolute atomic E-state index is 0.102. The minimum Gasteiger partial charge on any atom is -0.507 e. The first-order chi connectivity index (χ1) is 9.04. The lowest BCUT2D eigenvalue weighted by atomic mass is 10.1. The van der Waals surface area contributed by atoms with E-state index >= 15 is 0 Å². The molecule has 0 bridgehead atoms. The number of esters is 1. The Morgan fingerprint density at radius 3 is 2.84 bits per heavy atom. The van der Waals surface area contributed by atoms with Gasteiger partial charge in [-0.2, -0.15) is 0 Å². The van der Waals surface area contributed by atoms with Crippen LogP contribution in [-0.4, -0.2) is 41.6 Å². The first-order valence-corrected chi connectivity index (χ1v) is 6.71. The summed E-state index contributed by atoms with van der Waals surface area (Å²) < 4.78 is 5.38. The van der Waals surface area contributed by atoms with Crippen molar-refractivity contribution in [3.8, 4) is 5.75 Å². The van der Waals surface area contributed by atoms with Crippen molar-refractivity contribution < 1.29 is 19.4 Å². The molecule has 1 N–H and O–H groups in total. The van der Waals surface area contributed by atoms with Crippen LogP contribution in [0.5, 0.6) is 5.75 Å². The molecule has 0 saturated carbocycles. The molecule has 1 aliphatic rings. The standard InChI is InChI=1S/C13H14BrNO4/c1-19-13(18)10-3-2-6-15(10)12(17)9-5-4-8(14)7-11(9)16/h4-5,7,10,16H,2-3,6H2,1H3. The van der Waals surface area contributed by atoms with E-state index in [1.165, 1.54) is 24.1 Å². The number of ether oxygens (including phenoxy) is 1. The van der Waals surface area contributed by atoms with Crippen molar-refractivity contribution in [2.45, 2.75) is 18.9 Å². The van der Waals surface area contributed by atoms with Gasteiger partial charge in [-0.3, -0.25) is 4.79 Å². The van der Waals surface area contributed by atoms with Crippen molar-refractivity contribution in [1.82, 2.24) is 4.90 Å². The molecule has 1 amide bonds. The van der Waals surface area contributed by atoms with E-state index in [9.17, 15) is 14.7 Å². The minimum atomic E-state index is -0.555. The first-order valence-electron chi connectivity index (χ1n) is 5.92. The summed E-state index contributed by atoms with van der Waals surface area (Å²) in [5.74, 6) is -0.866. The summed E-state index contributed by atoms with van der Waals surface area (Å²) in [6.07, 6.45) is 1.35. The van der Waals surface area contributed by atoms with E-state index in [1.807, 2.05) is 0 Å². The molecular formula is C13H14BrNO4. The summed E-state index contributed by atoms with van der Waals surface area (Å²) in [7, 11) is 1.31. The molecule has 0 radical (unpaired) electrons. The Bertz CT molecular complexity index is 517. The number of methoxy groups -OCH3 is 1. The number of amides is 1. The van der Waals surface area contributed by atoms with Crippen LogP contribution in [0, 0.1) is 0 Å².